The van der Waals surface area contributed by atoms with Crippen LogP contribution in [0.25, 0.3) is 44.5 Å². The molecule has 23 N–H and O–H groups in total. The van der Waals surface area contributed by atoms with Gasteiger partial charge in [0.05, 0.1) is 71.1 Å². The van der Waals surface area contributed by atoms with Gasteiger partial charge in [-0.05, 0) is 39.8 Å². The molecule has 5 fully saturated rings. The van der Waals surface area contributed by atoms with Crippen molar-refractivity contribution in [1.82, 2.24) is 77.7 Å². The third kappa shape index (κ3) is 22.3. The molecule has 15 heterocycles. The van der Waals surface area contributed by atoms with Crippen LogP contribution in [0.2, 0.25) is 5.15 Å². The van der Waals surface area contributed by atoms with Gasteiger partial charge in [-0.3, -0.25) is 60.2 Å². The molecular formula is C60H84ClN18O39P5. The van der Waals surface area contributed by atoms with Crippen LogP contribution in [-0.4, -0.2) is 321 Å². The summed E-state index contributed by atoms with van der Waals surface area (Å²) in [4.78, 5) is 168. The number of halogens is 1. The maximum absolute atomic E-state index is 12.3. The van der Waals surface area contributed by atoms with Crippen LogP contribution in [-0.2, 0) is 87.4 Å². The van der Waals surface area contributed by atoms with Gasteiger partial charge < -0.3 is 144 Å². The molecule has 0 aromatic carbocycles. The van der Waals surface area contributed by atoms with Crippen molar-refractivity contribution in [2.24, 2.45) is 7.05 Å². The molecule has 63 heteroatoms. The number of carbonyl (C=O) groups excluding carboxylic acids is 1. The summed E-state index contributed by atoms with van der Waals surface area (Å²) < 4.78 is 115. The van der Waals surface area contributed by atoms with Crippen LogP contribution in [0.4, 0.5) is 11.5 Å². The molecule has 0 radical (unpaired) electrons. The zero-order valence-corrected chi connectivity index (χ0v) is 68.6. The number of methoxy groups -OCH3 is 1. The third-order valence-electron chi connectivity index (χ3n) is 18.9. The number of carbonyl (C=O) groups is 1. The lowest BCUT2D eigenvalue weighted by Crippen LogP contribution is -2.46. The molecule has 9 aromatic rings. The number of fused-ring (bicyclic) bond motifs is 5. The predicted octanol–water partition coefficient (Wildman–Crippen LogP) is -5.94. The number of nitrogens with zero attached hydrogens (tertiary/aromatic N) is 16. The van der Waals surface area contributed by atoms with Crippen molar-refractivity contribution in [3.8, 4) is 5.88 Å². The number of aromatic nitrogens is 16. The average Bonchev–Trinajstić information content (AvgIpc) is 1.61. The lowest BCUT2D eigenvalue weighted by molar-refractivity contribution is -0.121. The Labute approximate surface area is 692 Å². The molecule has 5 unspecified atom stereocenters. The van der Waals surface area contributed by atoms with Crippen LogP contribution in [0.1, 0.15) is 61.2 Å². The number of nitrogens with one attached hydrogen (secondary N) is 1. The molecule has 0 spiro atoms. The third-order valence-corrected chi connectivity index (χ3v) is 21.6. The SMILES string of the molecule is C.COc1nc(C)nc2c1ncn2C1O[C@H](COP(=O)(O)O)[C@@H](O)[C@H]1O.Cc1nc(Cl)c2ncn(C3O[C@H](COP(=O)(O)O)[C@@H](O)[C@H]3O)c2n1.Cc1nc2c(c(=O)[nH]1)CC(=O)N2C1O[C@H](COP(=O)(O)O)[C@@H](O)[C@H]1O.Cc1nc2c(ncn2C2O[C@H](COP(=O)(O)O)[C@@H](O)[C@H]2O)c(=O)n1C.Nc1ccnc2c1ccn2C1O[C@H](COP(=O)(O)O)[C@@H](O)[C@H]1O. The topological polar surface area (TPSA) is 841 Å². The molecule has 6 aliphatic rings. The highest BCUT2D eigenvalue weighted by Gasteiger charge is 2.53. The second kappa shape index (κ2) is 38.5. The first kappa shape index (κ1) is 97.5. The molecule has 5 saturated heterocycles. The summed E-state index contributed by atoms with van der Waals surface area (Å²) in [6, 6.07) is 3.32. The Morgan fingerprint density at radius 1 is 0.480 bits per heavy atom. The van der Waals surface area contributed by atoms with Crippen molar-refractivity contribution in [2.45, 2.75) is 164 Å². The second-order valence-electron chi connectivity index (χ2n) is 27.3. The highest BCUT2D eigenvalue weighted by Crippen LogP contribution is 2.45. The summed E-state index contributed by atoms with van der Waals surface area (Å²) >= 11 is 5.99. The Morgan fingerprint density at radius 2 is 0.846 bits per heavy atom. The van der Waals surface area contributed by atoms with Gasteiger partial charge in [0.2, 0.25) is 11.8 Å². The average molecular weight is 1870 g/mol. The number of pyridine rings is 1. The molecule has 0 saturated carbocycles. The number of anilines is 2. The zero-order valence-electron chi connectivity index (χ0n) is 63.4. The van der Waals surface area contributed by atoms with E-state index in [9.17, 15) is 88.3 Å². The molecule has 6 aliphatic heterocycles. The second-order valence-corrected chi connectivity index (χ2v) is 33.8. The number of hydrogen-bond acceptors (Lipinski definition) is 40. The van der Waals surface area contributed by atoms with E-state index in [1.54, 1.807) is 46.1 Å². The summed E-state index contributed by atoms with van der Waals surface area (Å²) in [5.41, 5.74) is 7.50. The highest BCUT2D eigenvalue weighted by molar-refractivity contribution is 7.47. The van der Waals surface area contributed by atoms with Crippen LogP contribution < -0.4 is 26.5 Å². The number of amides is 1. The Bertz CT molecular complexity index is 5680. The smallest absolute Gasteiger partial charge is 0.469 e. The molecule has 15 rings (SSSR count). The van der Waals surface area contributed by atoms with Crippen molar-refractivity contribution >= 4 is 113 Å². The van der Waals surface area contributed by atoms with E-state index in [2.05, 4.69) is 77.4 Å². The number of aliphatic hydroxyl groups is 10. The Hall–Kier alpha value is -7.67. The number of aromatic amines is 1. The lowest BCUT2D eigenvalue weighted by Gasteiger charge is -2.26. The fourth-order valence-corrected chi connectivity index (χ4v) is 15.0. The largest absolute Gasteiger partial charge is 0.479 e. The Kier molecular flexibility index (Phi) is 30.5. The minimum atomic E-state index is -4.80. The van der Waals surface area contributed by atoms with Crippen LogP contribution in [0, 0.1) is 27.7 Å². The number of nitrogens with two attached hydrogens (primary N) is 1. The maximum Gasteiger partial charge on any atom is 0.469 e. The maximum atomic E-state index is 12.3. The quantitative estimate of drug-likeness (QED) is 0.0235. The van der Waals surface area contributed by atoms with Gasteiger partial charge >= 0.3 is 39.1 Å². The van der Waals surface area contributed by atoms with E-state index in [1.807, 2.05) is 0 Å². The van der Waals surface area contributed by atoms with Crippen LogP contribution in [0.5, 0.6) is 5.88 Å². The first-order valence-electron chi connectivity index (χ1n) is 35.1. The minimum absolute atomic E-state index is 0. The molecule has 1 amide bonds. The number of hydrogen-bond donors (Lipinski definition) is 22. The normalized spacial score (nSPS) is 27.8. The van der Waals surface area contributed by atoms with Crippen molar-refractivity contribution < 1.29 is 179 Å². The fourth-order valence-electron chi connectivity index (χ4n) is 13.0. The highest BCUT2D eigenvalue weighted by atomic mass is 35.5. The molecule has 0 aliphatic carbocycles. The molecule has 123 heavy (non-hydrogen) atoms. The number of H-pyrrole nitrogens is 1. The number of phosphoric acid groups is 5. The van der Waals surface area contributed by atoms with Gasteiger partial charge in [-0.2, -0.15) is 4.98 Å². The molecule has 9 aromatic heterocycles. The fraction of sp³-hybridized carbons (Fsp3) is 0.550. The van der Waals surface area contributed by atoms with Gasteiger partial charge in [0.15, 0.2) is 64.3 Å². The number of phosphoric ester groups is 5. The zero-order chi connectivity index (χ0) is 89.8. The predicted molar refractivity (Wildman–Crippen MR) is 405 cm³/mol. The first-order valence-corrected chi connectivity index (χ1v) is 43.1. The molecule has 680 valence electrons. The van der Waals surface area contributed by atoms with Crippen molar-refractivity contribution in [3.05, 3.63) is 98.2 Å². The number of nitrogen functional groups attached to an aromatic ring is 1. The van der Waals surface area contributed by atoms with Gasteiger partial charge in [0.1, 0.15) is 132 Å². The standard InChI is InChI=1S/2C12H17N4O8P.C12H16N3O9P.C12H16N3O7P.C11H14ClN4O7P.CH4/c1-5-14-10-7(11(15-5)22-2)13-4-16(10)12-9(18)8(17)6(24-12)3-23-25(19,20)21;1-5-14-10-7(11(19)15(5)2)13-4-16(10)12-9(18)8(17)6(24-12)3-23-25(20,21)22;1-4-13-10-5(11(19)14-4)2-7(16)15(10)12-9(18)8(17)6(24-12)3-23-25(20,21)22;13-7-1-3-14-11-6(7)2-4-15(11)12-10(17)9(16)8(22-12)5-21-23(18,19)20;1-4-14-9(12)6-10(15-4)16(3-13-6)11-8(18)7(17)5(23-11)2-22-24(19,20)21;/h4,6,8-9,12,17-18H,3H2,1-2H3,(H2,19,20,21);4,6,8-9,12,17-18H,3H2,1-2H3,(H2,20,21,22);6,8-9,12,17-18H,2-3H2,1H3,(H,13,14,19)(H2,20,21,22);1-4,8-10,12,16-17H,5H2,(H2,13,14)(H2,18,19,20);3,5,7-8,11,17-18H,2H2,1H3,(H2,19,20,21);1H4/t3*6-,8-,9-,12?;8-,9-,10-,12?;5-,7-,8-,11?;/m11111./s1. The van der Waals surface area contributed by atoms with E-state index in [1.165, 1.54) is 62.0 Å². The van der Waals surface area contributed by atoms with Crippen molar-refractivity contribution in [3.63, 3.8) is 0 Å². The first-order chi connectivity index (χ1) is 56.8. The summed E-state index contributed by atoms with van der Waals surface area (Å²) in [5, 5.41) is 102. The van der Waals surface area contributed by atoms with E-state index >= 15 is 0 Å². The molecule has 0 bridgehead atoms. The summed E-state index contributed by atoms with van der Waals surface area (Å²) in [5.74, 6) is 1.14. The lowest BCUT2D eigenvalue weighted by atomic mass is 10.1. The summed E-state index contributed by atoms with van der Waals surface area (Å²) in [6.45, 7) is 3.33. The molecule has 57 nitrogen and oxygen atoms in total. The number of imidazole rings is 3. The van der Waals surface area contributed by atoms with Crippen LogP contribution >= 0.6 is 50.7 Å². The van der Waals surface area contributed by atoms with Gasteiger partial charge in [0, 0.05) is 30.5 Å². The van der Waals surface area contributed by atoms with E-state index in [0.717, 1.165) is 4.90 Å². The monoisotopic (exact) mass is 1870 g/mol. The van der Waals surface area contributed by atoms with E-state index in [0.29, 0.717) is 56.5 Å². The summed E-state index contributed by atoms with van der Waals surface area (Å²) in [7, 11) is -20.7. The van der Waals surface area contributed by atoms with Gasteiger partial charge in [-0.25, -0.2) is 67.7 Å². The van der Waals surface area contributed by atoms with Crippen LogP contribution in [0.15, 0.2) is 53.1 Å². The Morgan fingerprint density at radius 3 is 1.26 bits per heavy atom. The summed E-state index contributed by atoms with van der Waals surface area (Å²) in [6.07, 6.45) is -19.1. The number of aliphatic hydroxyl groups excluding tert-OH is 10. The number of ether oxygens (including phenoxy) is 6. The van der Waals surface area contributed by atoms with E-state index in [-0.39, 0.29) is 58.8 Å². The number of aryl methyl sites for hydroxylation is 4. The van der Waals surface area contributed by atoms with Crippen molar-refractivity contribution in [2.75, 3.05) is 50.8 Å². The van der Waals surface area contributed by atoms with Gasteiger partial charge in [-0.15, -0.1) is 0 Å². The van der Waals surface area contributed by atoms with E-state index in [4.69, 9.17) is 94.7 Å². The van der Waals surface area contributed by atoms with Gasteiger partial charge in [-0.1, -0.05) is 19.0 Å². The Balaban J connectivity index is 0.000000161. The van der Waals surface area contributed by atoms with Crippen molar-refractivity contribution in [1.29, 1.82) is 0 Å². The molecule has 20 atom stereocenters. The number of rotatable bonds is 21. The van der Waals surface area contributed by atoms with E-state index < -0.39 is 206 Å². The molecular weight excluding hydrogens is 1790 g/mol. The minimum Gasteiger partial charge on any atom is -0.479 e. The van der Waals surface area contributed by atoms with Crippen LogP contribution in [0.3, 0.4) is 0 Å². The van der Waals surface area contributed by atoms with Gasteiger partial charge in [0.25, 0.3) is 11.1 Å².